The van der Waals surface area contributed by atoms with E-state index in [0.29, 0.717) is 18.0 Å². The first kappa shape index (κ1) is 14.0. The molecular weight excluding hydrogens is 226 g/mol. The van der Waals surface area contributed by atoms with Gasteiger partial charge in [-0.3, -0.25) is 4.79 Å². The average molecular weight is 245 g/mol. The summed E-state index contributed by atoms with van der Waals surface area (Å²) in [6.07, 6.45) is 0. The van der Waals surface area contributed by atoms with Crippen molar-refractivity contribution in [3.05, 3.63) is 29.8 Å². The van der Waals surface area contributed by atoms with Crippen molar-refractivity contribution in [3.8, 4) is 6.07 Å². The van der Waals surface area contributed by atoms with Gasteiger partial charge in [-0.1, -0.05) is 19.9 Å². The molecule has 4 heteroatoms. The van der Waals surface area contributed by atoms with Crippen molar-refractivity contribution in [2.75, 3.05) is 11.9 Å². The zero-order chi connectivity index (χ0) is 13.5. The molecule has 0 heterocycles. The van der Waals surface area contributed by atoms with E-state index in [9.17, 15) is 4.79 Å². The summed E-state index contributed by atoms with van der Waals surface area (Å²) >= 11 is 0. The molecule has 2 N–H and O–H groups in total. The van der Waals surface area contributed by atoms with Gasteiger partial charge in [0.05, 0.1) is 11.6 Å². The molecule has 0 aromatic heterocycles. The van der Waals surface area contributed by atoms with Gasteiger partial charge >= 0.3 is 0 Å². The average Bonchev–Trinajstić information content (AvgIpc) is 2.36. The van der Waals surface area contributed by atoms with Crippen LogP contribution in [0.3, 0.4) is 0 Å². The predicted octanol–water partition coefficient (Wildman–Crippen LogP) is 2.13. The quantitative estimate of drug-likeness (QED) is 0.835. The summed E-state index contributed by atoms with van der Waals surface area (Å²) in [5.74, 6) is 0.397. The number of hydrogen-bond donors (Lipinski definition) is 2. The monoisotopic (exact) mass is 245 g/mol. The minimum Gasteiger partial charge on any atom is -0.374 e. The van der Waals surface area contributed by atoms with Crippen LogP contribution >= 0.6 is 0 Å². The highest BCUT2D eigenvalue weighted by atomic mass is 16.2. The molecule has 1 aromatic carbocycles. The molecule has 1 aromatic rings. The molecular formula is C14H19N3O. The third-order valence-electron chi connectivity index (χ3n) is 2.45. The van der Waals surface area contributed by atoms with Gasteiger partial charge in [0.1, 0.15) is 6.04 Å². The molecule has 0 aliphatic rings. The predicted molar refractivity (Wildman–Crippen MR) is 72.1 cm³/mol. The Morgan fingerprint density at radius 2 is 2.11 bits per heavy atom. The summed E-state index contributed by atoms with van der Waals surface area (Å²) in [7, 11) is 0. The molecule has 1 unspecified atom stereocenters. The second-order valence-corrected chi connectivity index (χ2v) is 4.70. The van der Waals surface area contributed by atoms with Gasteiger partial charge in [0.2, 0.25) is 5.91 Å². The van der Waals surface area contributed by atoms with Gasteiger partial charge in [-0.15, -0.1) is 0 Å². The second-order valence-electron chi connectivity index (χ2n) is 4.70. The Balaban J connectivity index is 2.55. The van der Waals surface area contributed by atoms with E-state index in [2.05, 4.69) is 30.6 Å². The summed E-state index contributed by atoms with van der Waals surface area (Å²) in [6.45, 7) is 6.57. The smallest absolute Gasteiger partial charge is 0.242 e. The number of carbonyl (C=O) groups is 1. The number of nitriles is 1. The lowest BCUT2D eigenvalue weighted by Crippen LogP contribution is -2.39. The van der Waals surface area contributed by atoms with Crippen LogP contribution in [0.15, 0.2) is 24.3 Å². The normalized spacial score (nSPS) is 11.7. The van der Waals surface area contributed by atoms with Crippen LogP contribution in [0, 0.1) is 17.2 Å². The van der Waals surface area contributed by atoms with Crippen molar-refractivity contribution >= 4 is 11.6 Å². The van der Waals surface area contributed by atoms with Crippen molar-refractivity contribution in [1.82, 2.24) is 5.32 Å². The summed E-state index contributed by atoms with van der Waals surface area (Å²) in [4.78, 5) is 11.8. The maximum atomic E-state index is 11.8. The molecule has 1 amide bonds. The van der Waals surface area contributed by atoms with Gasteiger partial charge in [-0.25, -0.2) is 0 Å². The third-order valence-corrected chi connectivity index (χ3v) is 2.45. The summed E-state index contributed by atoms with van der Waals surface area (Å²) in [5.41, 5.74) is 1.36. The molecule has 0 fully saturated rings. The number of anilines is 1. The molecule has 4 nitrogen and oxygen atoms in total. The molecule has 0 saturated heterocycles. The fraction of sp³-hybridized carbons (Fsp3) is 0.429. The van der Waals surface area contributed by atoms with Crippen LogP contribution in [0.1, 0.15) is 26.3 Å². The van der Waals surface area contributed by atoms with E-state index in [1.807, 2.05) is 6.07 Å². The molecule has 0 aliphatic heterocycles. The number of benzene rings is 1. The van der Waals surface area contributed by atoms with E-state index in [-0.39, 0.29) is 11.9 Å². The summed E-state index contributed by atoms with van der Waals surface area (Å²) in [6, 6.07) is 8.84. The van der Waals surface area contributed by atoms with Crippen molar-refractivity contribution in [1.29, 1.82) is 5.26 Å². The topological polar surface area (TPSA) is 64.9 Å². The third kappa shape index (κ3) is 4.46. The van der Waals surface area contributed by atoms with Crippen LogP contribution < -0.4 is 10.6 Å². The number of rotatable bonds is 5. The van der Waals surface area contributed by atoms with Crippen molar-refractivity contribution in [2.24, 2.45) is 5.92 Å². The van der Waals surface area contributed by atoms with Gasteiger partial charge in [-0.2, -0.15) is 5.26 Å². The lowest BCUT2D eigenvalue weighted by Gasteiger charge is -2.16. The number of nitrogens with one attached hydrogen (secondary N) is 2. The maximum absolute atomic E-state index is 11.8. The number of amides is 1. The molecule has 96 valence electrons. The first-order valence-corrected chi connectivity index (χ1v) is 6.07. The molecule has 0 radical (unpaired) electrons. The fourth-order valence-electron chi connectivity index (χ4n) is 1.45. The Labute approximate surface area is 108 Å². The van der Waals surface area contributed by atoms with Crippen molar-refractivity contribution < 1.29 is 4.79 Å². The first-order valence-electron chi connectivity index (χ1n) is 6.07. The zero-order valence-electron chi connectivity index (χ0n) is 11.0. The lowest BCUT2D eigenvalue weighted by atomic mass is 10.2. The highest BCUT2D eigenvalue weighted by Gasteiger charge is 2.12. The van der Waals surface area contributed by atoms with Crippen LogP contribution in [0.4, 0.5) is 5.69 Å². The van der Waals surface area contributed by atoms with E-state index < -0.39 is 0 Å². The molecule has 0 saturated carbocycles. The molecule has 0 bridgehead atoms. The van der Waals surface area contributed by atoms with E-state index in [4.69, 9.17) is 5.26 Å². The Hall–Kier alpha value is -2.02. The second kappa shape index (κ2) is 6.65. The molecule has 18 heavy (non-hydrogen) atoms. The SMILES string of the molecule is CC(C)CNC(=O)C(C)Nc1cccc(C#N)c1. The van der Waals surface area contributed by atoms with Crippen LogP contribution in [0.5, 0.6) is 0 Å². The van der Waals surface area contributed by atoms with E-state index in [0.717, 1.165) is 5.69 Å². The number of hydrogen-bond acceptors (Lipinski definition) is 3. The summed E-state index contributed by atoms with van der Waals surface area (Å²) < 4.78 is 0. The van der Waals surface area contributed by atoms with E-state index in [1.54, 1.807) is 25.1 Å². The van der Waals surface area contributed by atoms with Crippen LogP contribution in [0.2, 0.25) is 0 Å². The van der Waals surface area contributed by atoms with Crippen LogP contribution in [-0.2, 0) is 4.79 Å². The van der Waals surface area contributed by atoms with Gasteiger partial charge in [-0.05, 0) is 31.0 Å². The Morgan fingerprint density at radius 1 is 1.39 bits per heavy atom. The number of nitrogens with zero attached hydrogens (tertiary/aromatic N) is 1. The Kier molecular flexibility index (Phi) is 5.19. The Bertz CT molecular complexity index is 449. The first-order chi connectivity index (χ1) is 8.52. The highest BCUT2D eigenvalue weighted by Crippen LogP contribution is 2.11. The maximum Gasteiger partial charge on any atom is 0.242 e. The molecule has 0 aliphatic carbocycles. The molecule has 1 atom stereocenters. The Morgan fingerprint density at radius 3 is 2.72 bits per heavy atom. The molecule has 0 spiro atoms. The van der Waals surface area contributed by atoms with Crippen molar-refractivity contribution in [2.45, 2.75) is 26.8 Å². The zero-order valence-corrected chi connectivity index (χ0v) is 11.0. The van der Waals surface area contributed by atoms with E-state index in [1.165, 1.54) is 0 Å². The van der Waals surface area contributed by atoms with Gasteiger partial charge in [0, 0.05) is 12.2 Å². The van der Waals surface area contributed by atoms with Gasteiger partial charge in [0.25, 0.3) is 0 Å². The van der Waals surface area contributed by atoms with Gasteiger partial charge < -0.3 is 10.6 Å². The lowest BCUT2D eigenvalue weighted by molar-refractivity contribution is -0.121. The minimum atomic E-state index is -0.322. The molecule has 1 rings (SSSR count). The summed E-state index contributed by atoms with van der Waals surface area (Å²) in [5, 5.41) is 14.7. The van der Waals surface area contributed by atoms with E-state index >= 15 is 0 Å². The van der Waals surface area contributed by atoms with Crippen LogP contribution in [-0.4, -0.2) is 18.5 Å². The number of carbonyl (C=O) groups excluding carboxylic acids is 1. The highest BCUT2D eigenvalue weighted by molar-refractivity contribution is 5.84. The largest absolute Gasteiger partial charge is 0.374 e. The van der Waals surface area contributed by atoms with Crippen LogP contribution in [0.25, 0.3) is 0 Å². The standard InChI is InChI=1S/C14H19N3O/c1-10(2)9-16-14(18)11(3)17-13-6-4-5-12(7-13)8-15/h4-7,10-11,17H,9H2,1-3H3,(H,16,18). The van der Waals surface area contributed by atoms with Gasteiger partial charge in [0.15, 0.2) is 0 Å². The minimum absolute atomic E-state index is 0.0361. The van der Waals surface area contributed by atoms with Crippen molar-refractivity contribution in [3.63, 3.8) is 0 Å². The fourth-order valence-corrected chi connectivity index (χ4v) is 1.45.